The molecule has 0 aromatic heterocycles. The standard InChI is InChI=1S/C17H24FNO4/c1-17(2,3)23-16(21)19-14(11-4-5-11)10-22-15-7-6-13(18)8-12(15)9-20/h6-8,11,14,20H,4-5,9-10H2,1-3H3,(H,19,21)/t14-/m0/s1. The van der Waals surface area contributed by atoms with E-state index in [1.165, 1.54) is 18.2 Å². The van der Waals surface area contributed by atoms with E-state index < -0.39 is 17.5 Å². The van der Waals surface area contributed by atoms with Crippen LogP contribution in [-0.4, -0.2) is 29.4 Å². The molecule has 0 saturated heterocycles. The molecular formula is C17H24FNO4. The van der Waals surface area contributed by atoms with E-state index in [-0.39, 0.29) is 19.3 Å². The lowest BCUT2D eigenvalue weighted by Gasteiger charge is -2.24. The number of aliphatic hydroxyl groups is 1. The summed E-state index contributed by atoms with van der Waals surface area (Å²) in [6, 6.07) is 3.84. The van der Waals surface area contributed by atoms with Crippen LogP contribution in [0, 0.1) is 11.7 Å². The molecule has 128 valence electrons. The lowest BCUT2D eigenvalue weighted by molar-refractivity contribution is 0.0478. The SMILES string of the molecule is CC(C)(C)OC(=O)N[C@@H](COc1ccc(F)cc1CO)C1CC1. The molecule has 2 N–H and O–H groups in total. The monoisotopic (exact) mass is 325 g/mol. The minimum Gasteiger partial charge on any atom is -0.491 e. The van der Waals surface area contributed by atoms with E-state index in [1.807, 2.05) is 0 Å². The number of carbonyl (C=O) groups excluding carboxylic acids is 1. The maximum Gasteiger partial charge on any atom is 0.408 e. The van der Waals surface area contributed by atoms with Gasteiger partial charge in [-0.2, -0.15) is 0 Å². The molecule has 6 heteroatoms. The average Bonchev–Trinajstić information content (AvgIpc) is 3.26. The van der Waals surface area contributed by atoms with Gasteiger partial charge in [0.25, 0.3) is 0 Å². The van der Waals surface area contributed by atoms with Crippen molar-refractivity contribution in [1.29, 1.82) is 0 Å². The largest absolute Gasteiger partial charge is 0.491 e. The molecule has 2 rings (SSSR count). The van der Waals surface area contributed by atoms with E-state index in [2.05, 4.69) is 5.32 Å². The van der Waals surface area contributed by atoms with Crippen LogP contribution < -0.4 is 10.1 Å². The van der Waals surface area contributed by atoms with E-state index >= 15 is 0 Å². The highest BCUT2D eigenvalue weighted by Gasteiger charge is 2.34. The first kappa shape index (κ1) is 17.5. The van der Waals surface area contributed by atoms with Gasteiger partial charge in [0, 0.05) is 5.56 Å². The summed E-state index contributed by atoms with van der Waals surface area (Å²) in [5, 5.41) is 12.1. The highest BCUT2D eigenvalue weighted by atomic mass is 19.1. The summed E-state index contributed by atoms with van der Waals surface area (Å²) in [4.78, 5) is 11.9. The quantitative estimate of drug-likeness (QED) is 0.844. The predicted octanol–water partition coefficient (Wildman–Crippen LogP) is 3.00. The third-order valence-corrected chi connectivity index (χ3v) is 3.50. The second kappa shape index (κ2) is 7.17. The van der Waals surface area contributed by atoms with Gasteiger partial charge in [0.15, 0.2) is 0 Å². The second-order valence-electron chi connectivity index (χ2n) is 6.81. The molecule has 0 radical (unpaired) electrons. The van der Waals surface area contributed by atoms with Crippen LogP contribution in [0.5, 0.6) is 5.75 Å². The fraction of sp³-hybridized carbons (Fsp3) is 0.588. The highest BCUT2D eigenvalue weighted by Crippen LogP contribution is 2.33. The maximum atomic E-state index is 13.2. The Kier molecular flexibility index (Phi) is 5.46. The molecule has 1 aliphatic carbocycles. The van der Waals surface area contributed by atoms with Crippen molar-refractivity contribution in [3.05, 3.63) is 29.6 Å². The van der Waals surface area contributed by atoms with Crippen LogP contribution in [0.2, 0.25) is 0 Å². The summed E-state index contributed by atoms with van der Waals surface area (Å²) in [5.74, 6) is 0.359. The van der Waals surface area contributed by atoms with Crippen LogP contribution in [0.4, 0.5) is 9.18 Å². The number of benzene rings is 1. The van der Waals surface area contributed by atoms with Crippen LogP contribution in [0.25, 0.3) is 0 Å². The van der Waals surface area contributed by atoms with Gasteiger partial charge in [0.1, 0.15) is 23.8 Å². The van der Waals surface area contributed by atoms with Crippen LogP contribution in [-0.2, 0) is 11.3 Å². The van der Waals surface area contributed by atoms with Crippen LogP contribution in [0.3, 0.4) is 0 Å². The third-order valence-electron chi connectivity index (χ3n) is 3.50. The summed E-state index contributed by atoms with van der Waals surface area (Å²) >= 11 is 0. The van der Waals surface area contributed by atoms with Gasteiger partial charge < -0.3 is 19.9 Å². The summed E-state index contributed by atoms with van der Waals surface area (Å²) in [7, 11) is 0. The Morgan fingerprint density at radius 2 is 2.13 bits per heavy atom. The number of halogens is 1. The summed E-state index contributed by atoms with van der Waals surface area (Å²) < 4.78 is 24.1. The number of hydrogen-bond donors (Lipinski definition) is 2. The predicted molar refractivity (Wildman–Crippen MR) is 83.7 cm³/mol. The van der Waals surface area contributed by atoms with Crippen LogP contribution in [0.15, 0.2) is 18.2 Å². The highest BCUT2D eigenvalue weighted by molar-refractivity contribution is 5.68. The fourth-order valence-electron chi connectivity index (χ4n) is 2.25. The number of rotatable bonds is 6. The van der Waals surface area contributed by atoms with E-state index in [4.69, 9.17) is 9.47 Å². The first-order valence-corrected chi connectivity index (χ1v) is 7.80. The maximum absolute atomic E-state index is 13.2. The average molecular weight is 325 g/mol. The molecular weight excluding hydrogens is 301 g/mol. The molecule has 23 heavy (non-hydrogen) atoms. The lowest BCUT2D eigenvalue weighted by atomic mass is 10.2. The molecule has 1 atom stereocenters. The van der Waals surface area contributed by atoms with E-state index in [0.29, 0.717) is 17.2 Å². The smallest absolute Gasteiger partial charge is 0.408 e. The molecule has 0 spiro atoms. The summed E-state index contributed by atoms with van der Waals surface area (Å²) in [6.07, 6.45) is 1.58. The molecule has 1 saturated carbocycles. The molecule has 0 aliphatic heterocycles. The minimum atomic E-state index is -0.555. The van der Waals surface area contributed by atoms with Crippen molar-refractivity contribution in [3.63, 3.8) is 0 Å². The Labute approximate surface area is 135 Å². The van der Waals surface area contributed by atoms with Gasteiger partial charge in [0.05, 0.1) is 12.6 Å². The third kappa shape index (κ3) is 5.71. The minimum absolute atomic E-state index is 0.165. The Balaban J connectivity index is 1.94. The van der Waals surface area contributed by atoms with E-state index in [9.17, 15) is 14.3 Å². The Bertz CT molecular complexity index is 552. The zero-order valence-corrected chi connectivity index (χ0v) is 13.8. The number of amides is 1. The van der Waals surface area contributed by atoms with Gasteiger partial charge in [-0.15, -0.1) is 0 Å². The Morgan fingerprint density at radius 1 is 1.43 bits per heavy atom. The van der Waals surface area contributed by atoms with Gasteiger partial charge in [-0.3, -0.25) is 0 Å². The van der Waals surface area contributed by atoms with Gasteiger partial charge in [-0.1, -0.05) is 0 Å². The number of hydrogen-bond acceptors (Lipinski definition) is 4. The van der Waals surface area contributed by atoms with Crippen molar-refractivity contribution < 1.29 is 23.8 Å². The van der Waals surface area contributed by atoms with Gasteiger partial charge in [-0.25, -0.2) is 9.18 Å². The van der Waals surface area contributed by atoms with Crippen LogP contribution >= 0.6 is 0 Å². The molecule has 1 amide bonds. The number of alkyl carbamates (subject to hydrolysis) is 1. The van der Waals surface area contributed by atoms with E-state index in [0.717, 1.165) is 12.8 Å². The van der Waals surface area contributed by atoms with Crippen molar-refractivity contribution in [2.75, 3.05) is 6.61 Å². The Morgan fingerprint density at radius 3 is 2.70 bits per heavy atom. The van der Waals surface area contributed by atoms with Crippen molar-refractivity contribution in [2.45, 2.75) is 51.9 Å². The lowest BCUT2D eigenvalue weighted by Crippen LogP contribution is -2.43. The molecule has 1 aromatic rings. The summed E-state index contributed by atoms with van der Waals surface area (Å²) in [6.45, 7) is 5.37. The first-order valence-electron chi connectivity index (χ1n) is 7.80. The summed E-state index contributed by atoms with van der Waals surface area (Å²) in [5.41, 5.74) is -0.170. The zero-order valence-electron chi connectivity index (χ0n) is 13.8. The molecule has 0 unspecified atom stereocenters. The van der Waals surface area contributed by atoms with Crippen molar-refractivity contribution in [3.8, 4) is 5.75 Å². The number of carbonyl (C=O) groups is 1. The second-order valence-corrected chi connectivity index (χ2v) is 6.81. The molecule has 1 aromatic carbocycles. The number of aliphatic hydroxyl groups excluding tert-OH is 1. The van der Waals surface area contributed by atoms with E-state index in [1.54, 1.807) is 20.8 Å². The topological polar surface area (TPSA) is 67.8 Å². The van der Waals surface area contributed by atoms with Crippen molar-refractivity contribution in [1.82, 2.24) is 5.32 Å². The van der Waals surface area contributed by atoms with Crippen molar-refractivity contribution in [2.24, 2.45) is 5.92 Å². The number of ether oxygens (including phenoxy) is 2. The molecule has 1 fully saturated rings. The van der Waals surface area contributed by atoms with Crippen molar-refractivity contribution >= 4 is 6.09 Å². The Hall–Kier alpha value is -1.82. The first-order chi connectivity index (χ1) is 10.8. The molecule has 0 bridgehead atoms. The van der Waals surface area contributed by atoms with Gasteiger partial charge in [0.2, 0.25) is 0 Å². The molecule has 5 nitrogen and oxygen atoms in total. The number of nitrogens with one attached hydrogen (secondary N) is 1. The zero-order chi connectivity index (χ0) is 17.0. The van der Waals surface area contributed by atoms with Gasteiger partial charge >= 0.3 is 6.09 Å². The fourth-order valence-corrected chi connectivity index (χ4v) is 2.25. The van der Waals surface area contributed by atoms with Gasteiger partial charge in [-0.05, 0) is 57.7 Å². The van der Waals surface area contributed by atoms with Crippen LogP contribution in [0.1, 0.15) is 39.2 Å². The molecule has 1 aliphatic rings. The molecule has 0 heterocycles. The normalized spacial score (nSPS) is 15.9.